The first-order valence-corrected chi connectivity index (χ1v) is 10.2. The minimum absolute atomic E-state index is 0.0480. The van der Waals surface area contributed by atoms with E-state index in [2.05, 4.69) is 90.3 Å². The summed E-state index contributed by atoms with van der Waals surface area (Å²) in [4.78, 5) is 0. The summed E-state index contributed by atoms with van der Waals surface area (Å²) >= 11 is 0. The molecule has 25 heavy (non-hydrogen) atoms. The molecule has 3 rings (SSSR count). The smallest absolute Gasteiger partial charge is 0.0211 e. The molecule has 0 spiro atoms. The molecule has 129 valence electrons. The molecule has 0 amide bonds. The Balaban J connectivity index is 2.14. The lowest BCUT2D eigenvalue weighted by Crippen LogP contribution is -2.29. The maximum Gasteiger partial charge on any atom is 0.0211 e. The molecule has 0 aliphatic heterocycles. The molecule has 2 N–H and O–H groups in total. The quantitative estimate of drug-likeness (QED) is 0.813. The first-order valence-electron chi connectivity index (χ1n) is 8.83. The lowest BCUT2D eigenvalue weighted by atomic mass is 10.0. The van der Waals surface area contributed by atoms with Crippen molar-refractivity contribution < 1.29 is 0 Å². The molecule has 2 aromatic rings. The molecular formula is C23H27NP. The summed E-state index contributed by atoms with van der Waals surface area (Å²) in [6, 6.07) is 13.9. The molecule has 0 heterocycles. The summed E-state index contributed by atoms with van der Waals surface area (Å²) in [7, 11) is -0.607. The standard InChI is InChI=1S/C23H27NP/c1-15-9-16(2)12-20(11-15)25(21-13-17(3)10-18(4)14-21)23-8-6-7-22(23)19(5)24/h6-14,19H,24H2,1-5H3/t19-/m1/s1. The van der Waals surface area contributed by atoms with E-state index in [9.17, 15) is 0 Å². The number of hydrogen-bond donors (Lipinski definition) is 1. The summed E-state index contributed by atoms with van der Waals surface area (Å²) < 4.78 is 0. The van der Waals surface area contributed by atoms with Crippen molar-refractivity contribution >= 4 is 18.5 Å². The largest absolute Gasteiger partial charge is 0.327 e. The van der Waals surface area contributed by atoms with Crippen LogP contribution < -0.4 is 16.3 Å². The summed E-state index contributed by atoms with van der Waals surface area (Å²) in [6.07, 6.45) is 6.59. The van der Waals surface area contributed by atoms with Crippen LogP contribution in [0.2, 0.25) is 0 Å². The van der Waals surface area contributed by atoms with Crippen molar-refractivity contribution in [3.05, 3.63) is 89.5 Å². The second-order valence-corrected chi connectivity index (χ2v) is 9.37. The van der Waals surface area contributed by atoms with Gasteiger partial charge in [-0.05, 0) is 72.4 Å². The van der Waals surface area contributed by atoms with Gasteiger partial charge in [0.2, 0.25) is 0 Å². The van der Waals surface area contributed by atoms with Crippen molar-refractivity contribution in [1.82, 2.24) is 0 Å². The zero-order chi connectivity index (χ0) is 18.1. The van der Waals surface area contributed by atoms with Gasteiger partial charge in [-0.1, -0.05) is 58.7 Å². The van der Waals surface area contributed by atoms with Gasteiger partial charge in [-0.25, -0.2) is 0 Å². The van der Waals surface area contributed by atoms with Crippen molar-refractivity contribution in [2.75, 3.05) is 0 Å². The van der Waals surface area contributed by atoms with Crippen LogP contribution in [0.5, 0.6) is 0 Å². The van der Waals surface area contributed by atoms with Crippen LogP contribution in [0.1, 0.15) is 29.2 Å². The monoisotopic (exact) mass is 348 g/mol. The van der Waals surface area contributed by atoms with Gasteiger partial charge in [0.15, 0.2) is 0 Å². The van der Waals surface area contributed by atoms with E-state index in [0.717, 1.165) is 0 Å². The Morgan fingerprint density at radius 1 is 0.720 bits per heavy atom. The van der Waals surface area contributed by atoms with Gasteiger partial charge in [-0.15, -0.1) is 0 Å². The first-order chi connectivity index (χ1) is 11.8. The van der Waals surface area contributed by atoms with E-state index in [4.69, 9.17) is 5.73 Å². The molecule has 0 unspecified atom stereocenters. The van der Waals surface area contributed by atoms with E-state index in [0.29, 0.717) is 0 Å². The zero-order valence-corrected chi connectivity index (χ0v) is 16.7. The summed E-state index contributed by atoms with van der Waals surface area (Å²) in [6.45, 7) is 10.8. The molecule has 0 saturated heterocycles. The summed E-state index contributed by atoms with van der Waals surface area (Å²) in [5.41, 5.74) is 13.0. The highest BCUT2D eigenvalue weighted by Gasteiger charge is 2.39. The van der Waals surface area contributed by atoms with Crippen LogP contribution in [-0.4, -0.2) is 6.04 Å². The van der Waals surface area contributed by atoms with Crippen molar-refractivity contribution in [3.8, 4) is 0 Å². The van der Waals surface area contributed by atoms with Gasteiger partial charge in [0, 0.05) is 17.6 Å². The lowest BCUT2D eigenvalue weighted by Gasteiger charge is -2.31. The normalized spacial score (nSPS) is 17.4. The highest BCUT2D eigenvalue weighted by molar-refractivity contribution is 7.76. The predicted molar refractivity (Wildman–Crippen MR) is 111 cm³/mol. The Bertz CT molecular complexity index is 658. The van der Waals surface area contributed by atoms with Crippen LogP contribution in [0.3, 0.4) is 0 Å². The third kappa shape index (κ3) is 4.15. The minimum Gasteiger partial charge on any atom is -0.327 e. The van der Waals surface area contributed by atoms with Crippen LogP contribution >= 0.6 is 7.92 Å². The fourth-order valence-corrected chi connectivity index (χ4v) is 6.56. The van der Waals surface area contributed by atoms with Gasteiger partial charge < -0.3 is 5.73 Å². The van der Waals surface area contributed by atoms with Crippen molar-refractivity contribution in [1.29, 1.82) is 0 Å². The Morgan fingerprint density at radius 2 is 1.16 bits per heavy atom. The topological polar surface area (TPSA) is 26.0 Å². The lowest BCUT2D eigenvalue weighted by molar-refractivity contribution is 0.793. The Hall–Kier alpha value is -1.17. The maximum atomic E-state index is 6.28. The molecule has 0 bridgehead atoms. The molecule has 1 nitrogen and oxygen atoms in total. The molecule has 1 saturated carbocycles. The average molecular weight is 348 g/mol. The maximum absolute atomic E-state index is 6.28. The van der Waals surface area contributed by atoms with Gasteiger partial charge in [0.1, 0.15) is 0 Å². The van der Waals surface area contributed by atoms with Gasteiger partial charge in [-0.3, -0.25) is 0 Å². The number of hydrogen-bond acceptors (Lipinski definition) is 1. The van der Waals surface area contributed by atoms with Crippen LogP contribution in [-0.2, 0) is 0 Å². The molecule has 2 aromatic carbocycles. The van der Waals surface area contributed by atoms with Crippen LogP contribution in [0, 0.1) is 58.5 Å². The highest BCUT2D eigenvalue weighted by Crippen LogP contribution is 2.56. The third-order valence-corrected chi connectivity index (χ3v) is 6.92. The molecule has 5 radical (unpaired) electrons. The number of aryl methyl sites for hydroxylation is 4. The summed E-state index contributed by atoms with van der Waals surface area (Å²) in [5, 5.41) is 2.82. The fraction of sp³-hybridized carbons (Fsp3) is 0.261. The molecular weight excluding hydrogens is 321 g/mol. The zero-order valence-electron chi connectivity index (χ0n) is 15.8. The SMILES string of the molecule is Cc1cc(C)cc(P([C]2[CH][CH][CH][C]2[C@@H](C)N)c2cc(C)cc(C)c2)c1. The van der Waals surface area contributed by atoms with Gasteiger partial charge in [0.05, 0.1) is 0 Å². The van der Waals surface area contributed by atoms with E-state index in [-0.39, 0.29) is 6.04 Å². The van der Waals surface area contributed by atoms with E-state index < -0.39 is 7.92 Å². The Kier molecular flexibility index (Phi) is 5.66. The first kappa shape index (κ1) is 18.6. The Morgan fingerprint density at radius 3 is 1.56 bits per heavy atom. The van der Waals surface area contributed by atoms with Crippen LogP contribution in [0.25, 0.3) is 0 Å². The Labute approximate surface area is 154 Å². The van der Waals surface area contributed by atoms with E-state index >= 15 is 0 Å². The third-order valence-electron chi connectivity index (χ3n) is 4.49. The van der Waals surface area contributed by atoms with E-state index in [1.807, 2.05) is 0 Å². The number of benzene rings is 2. The highest BCUT2D eigenvalue weighted by atomic mass is 31.1. The van der Waals surface area contributed by atoms with Crippen molar-refractivity contribution in [2.45, 2.75) is 40.7 Å². The van der Waals surface area contributed by atoms with Crippen molar-refractivity contribution in [3.63, 3.8) is 0 Å². The predicted octanol–water partition coefficient (Wildman–Crippen LogP) is 4.43. The number of nitrogens with two attached hydrogens (primary N) is 1. The van der Waals surface area contributed by atoms with E-state index in [1.165, 1.54) is 44.4 Å². The average Bonchev–Trinajstić information content (AvgIpc) is 2.94. The van der Waals surface area contributed by atoms with Crippen molar-refractivity contribution in [2.24, 2.45) is 5.73 Å². The second-order valence-electron chi connectivity index (χ2n) is 7.18. The molecule has 1 atom stereocenters. The molecule has 0 aromatic heterocycles. The summed E-state index contributed by atoms with van der Waals surface area (Å²) in [5.74, 6) is 1.27. The van der Waals surface area contributed by atoms with E-state index in [1.54, 1.807) is 0 Å². The molecule has 2 heteroatoms. The van der Waals surface area contributed by atoms with Crippen LogP contribution in [0.15, 0.2) is 36.4 Å². The van der Waals surface area contributed by atoms with Crippen LogP contribution in [0.4, 0.5) is 0 Å². The fourth-order valence-electron chi connectivity index (χ4n) is 3.60. The number of rotatable bonds is 4. The minimum atomic E-state index is -0.607. The van der Waals surface area contributed by atoms with Gasteiger partial charge >= 0.3 is 0 Å². The second kappa shape index (κ2) is 7.60. The molecule has 1 aliphatic rings. The molecule has 1 aliphatic carbocycles. The molecule has 1 fully saturated rings. The van der Waals surface area contributed by atoms with Gasteiger partial charge in [-0.2, -0.15) is 0 Å². The van der Waals surface area contributed by atoms with Gasteiger partial charge in [0.25, 0.3) is 0 Å².